The van der Waals surface area contributed by atoms with E-state index >= 15 is 0 Å². The fraction of sp³-hybridized carbons (Fsp3) is 0.500. The summed E-state index contributed by atoms with van der Waals surface area (Å²) in [6.07, 6.45) is 0.404. The molecule has 0 atom stereocenters. The summed E-state index contributed by atoms with van der Waals surface area (Å²) in [5, 5.41) is 2.97. The maximum atomic E-state index is 11.8. The van der Waals surface area contributed by atoms with Crippen molar-refractivity contribution in [3.8, 4) is 0 Å². The molecule has 0 unspecified atom stereocenters. The van der Waals surface area contributed by atoms with Crippen molar-refractivity contribution in [2.75, 3.05) is 43.4 Å². The van der Waals surface area contributed by atoms with E-state index in [2.05, 4.69) is 10.2 Å². The molecule has 0 aliphatic carbocycles. The number of hydrogen-bond acceptors (Lipinski definition) is 4. The Morgan fingerprint density at radius 1 is 1.37 bits per heavy atom. The normalized spacial score (nSPS) is 16.2. The Balaban J connectivity index is 1.67. The van der Waals surface area contributed by atoms with E-state index in [-0.39, 0.29) is 5.91 Å². The second-order valence-corrected chi connectivity index (χ2v) is 5.95. The summed E-state index contributed by atoms with van der Waals surface area (Å²) in [5.41, 5.74) is 7.36. The lowest BCUT2D eigenvalue weighted by Gasteiger charge is -2.25. The molecule has 19 heavy (non-hydrogen) atoms. The molecule has 0 bridgehead atoms. The fourth-order valence-electron chi connectivity index (χ4n) is 2.13. The molecule has 2 rings (SSSR count). The van der Waals surface area contributed by atoms with Gasteiger partial charge in [0.05, 0.1) is 6.42 Å². The molecule has 0 saturated carbocycles. The molecule has 104 valence electrons. The van der Waals surface area contributed by atoms with Crippen molar-refractivity contribution < 1.29 is 4.79 Å². The number of hydrogen-bond donors (Lipinski definition) is 2. The quantitative estimate of drug-likeness (QED) is 0.789. The number of nitrogen functional groups attached to an aromatic ring is 1. The zero-order valence-electron chi connectivity index (χ0n) is 11.1. The van der Waals surface area contributed by atoms with E-state index in [4.69, 9.17) is 5.73 Å². The molecular formula is C14H21N3OS. The Labute approximate surface area is 118 Å². The Kier molecular flexibility index (Phi) is 5.54. The summed E-state index contributed by atoms with van der Waals surface area (Å²) in [4.78, 5) is 14.2. The van der Waals surface area contributed by atoms with Crippen molar-refractivity contribution in [3.63, 3.8) is 0 Å². The van der Waals surface area contributed by atoms with Gasteiger partial charge in [-0.05, 0) is 17.7 Å². The summed E-state index contributed by atoms with van der Waals surface area (Å²) in [5.74, 6) is 2.48. The molecule has 1 aliphatic heterocycles. The average Bonchev–Trinajstić information content (AvgIpc) is 2.40. The van der Waals surface area contributed by atoms with E-state index in [1.54, 1.807) is 0 Å². The van der Waals surface area contributed by atoms with Crippen molar-refractivity contribution in [1.29, 1.82) is 0 Å². The molecule has 1 aromatic rings. The van der Waals surface area contributed by atoms with Crippen molar-refractivity contribution in [2.24, 2.45) is 0 Å². The molecule has 4 nitrogen and oxygen atoms in total. The van der Waals surface area contributed by atoms with E-state index < -0.39 is 0 Å². The zero-order chi connectivity index (χ0) is 13.5. The third-order valence-corrected chi connectivity index (χ3v) is 4.11. The summed E-state index contributed by atoms with van der Waals surface area (Å²) in [6, 6.07) is 7.48. The topological polar surface area (TPSA) is 58.4 Å². The van der Waals surface area contributed by atoms with Crippen LogP contribution in [0.5, 0.6) is 0 Å². The molecule has 1 heterocycles. The predicted molar refractivity (Wildman–Crippen MR) is 81.3 cm³/mol. The highest BCUT2D eigenvalue weighted by atomic mass is 32.2. The van der Waals surface area contributed by atoms with Crippen LogP contribution in [0.3, 0.4) is 0 Å². The van der Waals surface area contributed by atoms with Crippen LogP contribution in [0.4, 0.5) is 5.69 Å². The first-order valence-corrected chi connectivity index (χ1v) is 7.81. The number of rotatable bonds is 5. The summed E-state index contributed by atoms with van der Waals surface area (Å²) < 4.78 is 0. The zero-order valence-corrected chi connectivity index (χ0v) is 11.9. The molecule has 1 aromatic carbocycles. The number of nitrogens with two attached hydrogens (primary N) is 1. The number of anilines is 1. The highest BCUT2D eigenvalue weighted by Gasteiger charge is 2.10. The maximum absolute atomic E-state index is 11.8. The van der Waals surface area contributed by atoms with Gasteiger partial charge in [-0.25, -0.2) is 0 Å². The Bertz CT molecular complexity index is 419. The second kappa shape index (κ2) is 7.40. The van der Waals surface area contributed by atoms with E-state index in [9.17, 15) is 4.79 Å². The van der Waals surface area contributed by atoms with E-state index in [1.807, 2.05) is 36.0 Å². The van der Waals surface area contributed by atoms with Gasteiger partial charge in [-0.1, -0.05) is 12.1 Å². The number of benzene rings is 1. The first-order valence-electron chi connectivity index (χ1n) is 6.65. The summed E-state index contributed by atoms with van der Waals surface area (Å²) >= 11 is 2.00. The number of thioether (sulfide) groups is 1. The third-order valence-electron chi connectivity index (χ3n) is 3.17. The molecular weight excluding hydrogens is 258 g/mol. The highest BCUT2D eigenvalue weighted by molar-refractivity contribution is 7.99. The fourth-order valence-corrected chi connectivity index (χ4v) is 3.11. The van der Waals surface area contributed by atoms with Crippen LogP contribution in [0.1, 0.15) is 5.56 Å². The standard InChI is InChI=1S/C14H21N3OS/c15-13-3-1-2-12(10-13)11-14(18)16-4-5-17-6-8-19-9-7-17/h1-3,10H,4-9,11,15H2,(H,16,18). The molecule has 1 aliphatic rings. The smallest absolute Gasteiger partial charge is 0.224 e. The van der Waals surface area contributed by atoms with Gasteiger partial charge in [-0.2, -0.15) is 11.8 Å². The van der Waals surface area contributed by atoms with Crippen molar-refractivity contribution in [1.82, 2.24) is 10.2 Å². The van der Waals surface area contributed by atoms with Crippen LogP contribution >= 0.6 is 11.8 Å². The molecule has 1 fully saturated rings. The number of carbonyl (C=O) groups excluding carboxylic acids is 1. The van der Waals surface area contributed by atoms with Gasteiger partial charge in [0.2, 0.25) is 5.91 Å². The van der Waals surface area contributed by atoms with Crippen LogP contribution in [0, 0.1) is 0 Å². The van der Waals surface area contributed by atoms with Crippen molar-refractivity contribution in [2.45, 2.75) is 6.42 Å². The average molecular weight is 279 g/mol. The van der Waals surface area contributed by atoms with Crippen molar-refractivity contribution in [3.05, 3.63) is 29.8 Å². The minimum Gasteiger partial charge on any atom is -0.399 e. The van der Waals surface area contributed by atoms with Crippen LogP contribution in [-0.4, -0.2) is 48.5 Å². The molecule has 1 amide bonds. The number of amides is 1. The van der Waals surface area contributed by atoms with Gasteiger partial charge in [-0.15, -0.1) is 0 Å². The Hall–Kier alpha value is -1.20. The van der Waals surface area contributed by atoms with Crippen LogP contribution < -0.4 is 11.1 Å². The lowest BCUT2D eigenvalue weighted by Crippen LogP contribution is -2.39. The molecule has 1 saturated heterocycles. The van der Waals surface area contributed by atoms with Gasteiger partial charge in [0, 0.05) is 43.4 Å². The molecule has 0 spiro atoms. The van der Waals surface area contributed by atoms with Gasteiger partial charge in [-0.3, -0.25) is 9.69 Å². The SMILES string of the molecule is Nc1cccc(CC(=O)NCCN2CCSCC2)c1. The molecule has 5 heteroatoms. The monoisotopic (exact) mass is 279 g/mol. The van der Waals surface area contributed by atoms with Crippen molar-refractivity contribution >= 4 is 23.4 Å². The van der Waals surface area contributed by atoms with E-state index in [0.29, 0.717) is 12.1 Å². The minimum absolute atomic E-state index is 0.0667. The van der Waals surface area contributed by atoms with E-state index in [1.165, 1.54) is 11.5 Å². The molecule has 0 radical (unpaired) electrons. The van der Waals surface area contributed by atoms with Gasteiger partial charge < -0.3 is 11.1 Å². The molecule has 0 aromatic heterocycles. The first-order chi connectivity index (χ1) is 9.24. The van der Waals surface area contributed by atoms with Gasteiger partial charge >= 0.3 is 0 Å². The largest absolute Gasteiger partial charge is 0.399 e. The lowest BCUT2D eigenvalue weighted by atomic mass is 10.1. The predicted octanol–water partition coefficient (Wildman–Crippen LogP) is 0.976. The Morgan fingerprint density at radius 3 is 2.89 bits per heavy atom. The number of nitrogens with one attached hydrogen (secondary N) is 1. The van der Waals surface area contributed by atoms with Crippen LogP contribution in [0.15, 0.2) is 24.3 Å². The highest BCUT2D eigenvalue weighted by Crippen LogP contribution is 2.08. The van der Waals surface area contributed by atoms with Crippen LogP contribution in [0.2, 0.25) is 0 Å². The van der Waals surface area contributed by atoms with Crippen LogP contribution in [0.25, 0.3) is 0 Å². The van der Waals surface area contributed by atoms with Gasteiger partial charge in [0.1, 0.15) is 0 Å². The summed E-state index contributed by atoms with van der Waals surface area (Å²) in [6.45, 7) is 3.94. The van der Waals surface area contributed by atoms with Gasteiger partial charge in [0.15, 0.2) is 0 Å². The first kappa shape index (κ1) is 14.2. The third kappa shape index (κ3) is 5.12. The number of nitrogens with zero attached hydrogens (tertiary/aromatic N) is 1. The Morgan fingerprint density at radius 2 is 2.16 bits per heavy atom. The molecule has 3 N–H and O–H groups in total. The lowest BCUT2D eigenvalue weighted by molar-refractivity contribution is -0.120. The van der Waals surface area contributed by atoms with E-state index in [0.717, 1.165) is 31.7 Å². The number of carbonyl (C=O) groups is 1. The second-order valence-electron chi connectivity index (χ2n) is 4.73. The van der Waals surface area contributed by atoms with Gasteiger partial charge in [0.25, 0.3) is 0 Å². The minimum atomic E-state index is 0.0667. The summed E-state index contributed by atoms with van der Waals surface area (Å²) in [7, 11) is 0. The van der Waals surface area contributed by atoms with Crippen LogP contribution in [-0.2, 0) is 11.2 Å². The maximum Gasteiger partial charge on any atom is 0.224 e.